The van der Waals surface area contributed by atoms with Gasteiger partial charge in [0.25, 0.3) is 5.91 Å². The summed E-state index contributed by atoms with van der Waals surface area (Å²) in [4.78, 5) is 45.4. The van der Waals surface area contributed by atoms with Gasteiger partial charge in [0.2, 0.25) is 5.78 Å². The molecule has 1 amide bonds. The Morgan fingerprint density at radius 2 is 1.90 bits per heavy atom. The fraction of sp³-hybridized carbons (Fsp3) is 0.379. The number of ketones is 2. The summed E-state index contributed by atoms with van der Waals surface area (Å²) in [5.74, 6) is -4.87. The third kappa shape index (κ3) is 3.50. The molecule has 0 radical (unpaired) electrons. The average Bonchev–Trinajstić information content (AvgIpc) is 3.33. The van der Waals surface area contributed by atoms with Crippen molar-refractivity contribution < 1.29 is 39.2 Å². The minimum absolute atomic E-state index is 0.000817. The van der Waals surface area contributed by atoms with Crippen LogP contribution in [0.3, 0.4) is 0 Å². The van der Waals surface area contributed by atoms with Gasteiger partial charge in [-0.05, 0) is 69.6 Å². The van der Waals surface area contributed by atoms with E-state index in [4.69, 9.17) is 10.2 Å². The molecule has 0 spiro atoms. The Morgan fingerprint density at radius 3 is 2.52 bits per heavy atom. The maximum Gasteiger partial charge on any atom is 0.255 e. The first-order valence-corrected chi connectivity index (χ1v) is 12.9. The summed E-state index contributed by atoms with van der Waals surface area (Å²) in [6.45, 7) is 3.97. The van der Waals surface area contributed by atoms with Gasteiger partial charge in [0.1, 0.15) is 34.4 Å². The molecule has 1 aromatic heterocycles. The zero-order chi connectivity index (χ0) is 29.3. The molecule has 2 unspecified atom stereocenters. The number of rotatable bonds is 5. The molecule has 5 rings (SSSR count). The Kier molecular flexibility index (Phi) is 6.27. The molecule has 40 heavy (non-hydrogen) atoms. The summed E-state index contributed by atoms with van der Waals surface area (Å²) in [6, 6.07) is 5.30. The number of nitrogens with zero attached hydrogens (tertiary/aromatic N) is 2. The second-order valence-electron chi connectivity index (χ2n) is 11.0. The van der Waals surface area contributed by atoms with Crippen LogP contribution in [0.25, 0.3) is 17.1 Å². The normalized spacial score (nSPS) is 28.2. The third-order valence-electron chi connectivity index (χ3n) is 8.45. The van der Waals surface area contributed by atoms with Crippen molar-refractivity contribution in [1.29, 1.82) is 0 Å². The van der Waals surface area contributed by atoms with Gasteiger partial charge in [-0.1, -0.05) is 6.92 Å². The average molecular weight is 550 g/mol. The van der Waals surface area contributed by atoms with E-state index < -0.39 is 57.5 Å². The number of carbonyl (C=O) groups excluding carboxylic acids is 3. The van der Waals surface area contributed by atoms with E-state index in [1.54, 1.807) is 38.5 Å². The molecule has 1 aromatic carbocycles. The monoisotopic (exact) mass is 549 g/mol. The van der Waals surface area contributed by atoms with Crippen LogP contribution in [0, 0.1) is 11.3 Å². The minimum Gasteiger partial charge on any atom is -0.508 e. The van der Waals surface area contributed by atoms with E-state index in [0.717, 1.165) is 0 Å². The van der Waals surface area contributed by atoms with Crippen LogP contribution in [0.1, 0.15) is 37.2 Å². The smallest absolute Gasteiger partial charge is 0.255 e. The second kappa shape index (κ2) is 9.17. The van der Waals surface area contributed by atoms with Gasteiger partial charge in [0, 0.05) is 23.1 Å². The number of aliphatic hydroxyl groups excluding tert-OH is 2. The fourth-order valence-corrected chi connectivity index (χ4v) is 6.80. The fourth-order valence-electron chi connectivity index (χ4n) is 6.80. The zero-order valence-electron chi connectivity index (χ0n) is 22.6. The van der Waals surface area contributed by atoms with Crippen molar-refractivity contribution in [3.8, 4) is 17.1 Å². The van der Waals surface area contributed by atoms with Crippen molar-refractivity contribution in [3.63, 3.8) is 0 Å². The first-order chi connectivity index (χ1) is 18.8. The summed E-state index contributed by atoms with van der Waals surface area (Å²) in [5.41, 5.74) is 1.08. The van der Waals surface area contributed by atoms with Crippen molar-refractivity contribution in [2.24, 2.45) is 22.1 Å². The molecule has 1 saturated carbocycles. The molecule has 2 aromatic rings. The van der Waals surface area contributed by atoms with Crippen molar-refractivity contribution in [3.05, 3.63) is 58.1 Å². The number of furan rings is 1. The Hall–Kier alpha value is -4.22. The number of phenols is 1. The first kappa shape index (κ1) is 27.4. The highest BCUT2D eigenvalue weighted by molar-refractivity contribution is 6.25. The van der Waals surface area contributed by atoms with Crippen molar-refractivity contribution in [2.45, 2.75) is 38.3 Å². The number of hydrogen-bond donors (Lipinski definition) is 5. The van der Waals surface area contributed by atoms with E-state index in [1.807, 2.05) is 6.92 Å². The van der Waals surface area contributed by atoms with Crippen LogP contribution >= 0.6 is 0 Å². The highest BCUT2D eigenvalue weighted by Gasteiger charge is 2.70. The number of nitrogens with two attached hydrogens (primary N) is 1. The number of primary amides is 1. The van der Waals surface area contributed by atoms with Gasteiger partial charge in [-0.15, -0.1) is 0 Å². The van der Waals surface area contributed by atoms with Gasteiger partial charge in [-0.25, -0.2) is 0 Å². The number of hydrogen-bond acceptors (Lipinski definition) is 10. The molecule has 6 N–H and O–H groups in total. The lowest BCUT2D eigenvalue weighted by molar-refractivity contribution is -0.171. The molecular formula is C29H31N3O8. The molecule has 0 saturated heterocycles. The van der Waals surface area contributed by atoms with E-state index in [-0.39, 0.29) is 29.7 Å². The Bertz CT molecular complexity index is 1560. The molecule has 0 bridgehead atoms. The van der Waals surface area contributed by atoms with Crippen LogP contribution in [0.5, 0.6) is 5.75 Å². The summed E-state index contributed by atoms with van der Waals surface area (Å²) in [6.07, 6.45) is 1.71. The molecule has 210 valence electrons. The minimum atomic E-state index is -2.74. The molecule has 1 fully saturated rings. The lowest BCUT2D eigenvalue weighted by atomic mass is 9.50. The van der Waals surface area contributed by atoms with Gasteiger partial charge in [-0.3, -0.25) is 24.3 Å². The number of Topliss-reactive ketones (excluding diaryl/α,β-unsaturated/α-hetero) is 2. The Labute approximate surface area is 229 Å². The number of likely N-dealkylation sites (N-methyl/N-ethyl adjacent to an activating group) is 1. The predicted molar refractivity (Wildman–Crippen MR) is 145 cm³/mol. The SMILES string of the molecule is CCN=Cc1ccc(-c2ccc(O)c3c2C[C@H]2CC4(C)C(N(C)C)C(=O)C(C(N)=O)=C(O)[C@@]4(O)C(=O)C2=C3O)o1. The van der Waals surface area contributed by atoms with Crippen molar-refractivity contribution >= 4 is 29.4 Å². The molecule has 11 nitrogen and oxygen atoms in total. The Balaban J connectivity index is 1.73. The van der Waals surface area contributed by atoms with Crippen LogP contribution < -0.4 is 5.73 Å². The quantitative estimate of drug-likeness (QED) is 0.275. The van der Waals surface area contributed by atoms with E-state index in [1.165, 1.54) is 17.9 Å². The van der Waals surface area contributed by atoms with Crippen LogP contribution in [-0.2, 0) is 20.8 Å². The number of phenolic OH excluding ortho intramolecular Hbond substituents is 1. The largest absolute Gasteiger partial charge is 0.508 e. The Morgan fingerprint density at radius 1 is 1.20 bits per heavy atom. The van der Waals surface area contributed by atoms with Gasteiger partial charge >= 0.3 is 0 Å². The molecule has 0 aliphatic heterocycles. The van der Waals surface area contributed by atoms with E-state index in [2.05, 4.69) is 4.99 Å². The highest BCUT2D eigenvalue weighted by atomic mass is 16.4. The number of amides is 1. The maximum atomic E-state index is 14.1. The van der Waals surface area contributed by atoms with Gasteiger partial charge in [-0.2, -0.15) is 0 Å². The van der Waals surface area contributed by atoms with Crippen molar-refractivity contribution in [2.75, 3.05) is 20.6 Å². The topological polar surface area (TPSA) is 187 Å². The molecule has 11 heteroatoms. The molecule has 3 aliphatic rings. The molecule has 4 atom stereocenters. The van der Waals surface area contributed by atoms with E-state index >= 15 is 0 Å². The lowest BCUT2D eigenvalue weighted by Gasteiger charge is -2.57. The maximum absolute atomic E-state index is 14.1. The second-order valence-corrected chi connectivity index (χ2v) is 11.0. The number of aliphatic hydroxyl groups is 3. The molecule has 1 heterocycles. The van der Waals surface area contributed by atoms with Crippen LogP contribution in [-0.4, -0.2) is 81.3 Å². The first-order valence-electron chi connectivity index (χ1n) is 12.9. The number of fused-ring (bicyclic) bond motifs is 3. The predicted octanol–water partition coefficient (Wildman–Crippen LogP) is 2.05. The van der Waals surface area contributed by atoms with Crippen LogP contribution in [0.2, 0.25) is 0 Å². The van der Waals surface area contributed by atoms with E-state index in [9.17, 15) is 34.8 Å². The number of benzene rings is 1. The number of carbonyl (C=O) groups is 3. The molecular weight excluding hydrogens is 518 g/mol. The summed E-state index contributed by atoms with van der Waals surface area (Å²) >= 11 is 0. The number of aromatic hydroxyl groups is 1. The standard InChI is InChI=1S/C29H31N3O8/c1-5-31-12-14-6-9-18(40-14)15-7-8-17(33)20-16(15)10-13-11-28(2)24(32(3)4)23(35)21(27(30)38)26(37)29(28,39)25(36)19(13)22(20)34/h6-9,12-13,24,33-34,37,39H,5,10-11H2,1-4H3,(H2,30,38)/t13-,24?,28?,29-/m0/s1. The summed E-state index contributed by atoms with van der Waals surface area (Å²) in [5, 5.41) is 45.2. The van der Waals surface area contributed by atoms with Gasteiger partial charge < -0.3 is 30.6 Å². The van der Waals surface area contributed by atoms with Crippen LogP contribution in [0.4, 0.5) is 0 Å². The third-order valence-corrected chi connectivity index (χ3v) is 8.45. The van der Waals surface area contributed by atoms with Crippen LogP contribution in [0.15, 0.2) is 50.6 Å². The van der Waals surface area contributed by atoms with Gasteiger partial charge in [0.05, 0.1) is 17.8 Å². The molecule has 3 aliphatic carbocycles. The zero-order valence-corrected chi connectivity index (χ0v) is 22.6. The lowest BCUT2D eigenvalue weighted by Crippen LogP contribution is -2.71. The summed E-state index contributed by atoms with van der Waals surface area (Å²) < 4.78 is 5.93. The number of aliphatic imine (C=N–C) groups is 1. The van der Waals surface area contributed by atoms with E-state index in [0.29, 0.717) is 29.2 Å². The summed E-state index contributed by atoms with van der Waals surface area (Å²) in [7, 11) is 3.12. The van der Waals surface area contributed by atoms with Gasteiger partial charge in [0.15, 0.2) is 11.4 Å². The highest BCUT2D eigenvalue weighted by Crippen LogP contribution is 2.59. The van der Waals surface area contributed by atoms with Crippen molar-refractivity contribution in [1.82, 2.24) is 4.90 Å².